The Morgan fingerprint density at radius 2 is 2.24 bits per heavy atom. The second kappa shape index (κ2) is 6.49. The summed E-state index contributed by atoms with van der Waals surface area (Å²) in [5.41, 5.74) is 1.41. The molecule has 1 amide bonds. The summed E-state index contributed by atoms with van der Waals surface area (Å²) in [4.78, 5) is 28.5. The predicted molar refractivity (Wildman–Crippen MR) is 80.2 cm³/mol. The molecule has 2 rings (SSSR count). The van der Waals surface area contributed by atoms with E-state index in [9.17, 15) is 9.59 Å². The molecule has 112 valence electrons. The van der Waals surface area contributed by atoms with Crippen molar-refractivity contribution in [3.05, 3.63) is 40.4 Å². The summed E-state index contributed by atoms with van der Waals surface area (Å²) in [6.45, 7) is 4.13. The number of aromatic nitrogens is 2. The molecule has 0 saturated heterocycles. The van der Waals surface area contributed by atoms with Crippen LogP contribution in [-0.4, -0.2) is 35.2 Å². The molecular formula is C15H19N3O3. The zero-order chi connectivity index (χ0) is 15.4. The molecule has 6 heteroatoms. The van der Waals surface area contributed by atoms with Crippen LogP contribution in [0.4, 0.5) is 0 Å². The van der Waals surface area contributed by atoms with Crippen molar-refractivity contribution in [2.45, 2.75) is 26.4 Å². The van der Waals surface area contributed by atoms with Gasteiger partial charge in [0, 0.05) is 13.2 Å². The highest BCUT2D eigenvalue weighted by molar-refractivity contribution is 5.79. The van der Waals surface area contributed by atoms with Gasteiger partial charge in [-0.15, -0.1) is 0 Å². The van der Waals surface area contributed by atoms with Gasteiger partial charge in [0.2, 0.25) is 5.91 Å². The van der Waals surface area contributed by atoms with Gasteiger partial charge in [-0.2, -0.15) is 0 Å². The highest BCUT2D eigenvalue weighted by Crippen LogP contribution is 2.08. The highest BCUT2D eigenvalue weighted by Gasteiger charge is 2.10. The average Bonchev–Trinajstić information content (AvgIpc) is 2.42. The fourth-order valence-corrected chi connectivity index (χ4v) is 2.15. The van der Waals surface area contributed by atoms with E-state index in [1.807, 2.05) is 19.9 Å². The number of hydrogen-bond donors (Lipinski definition) is 1. The van der Waals surface area contributed by atoms with Gasteiger partial charge >= 0.3 is 0 Å². The Morgan fingerprint density at radius 1 is 1.48 bits per heavy atom. The molecule has 0 unspecified atom stereocenters. The molecular weight excluding hydrogens is 270 g/mol. The van der Waals surface area contributed by atoms with E-state index in [0.717, 1.165) is 5.56 Å². The summed E-state index contributed by atoms with van der Waals surface area (Å²) >= 11 is 0. The Balaban J connectivity index is 2.21. The molecule has 1 aromatic carbocycles. The van der Waals surface area contributed by atoms with Crippen LogP contribution in [0.3, 0.4) is 0 Å². The lowest BCUT2D eigenvalue weighted by molar-refractivity contribution is -0.122. The first-order valence-electron chi connectivity index (χ1n) is 6.75. The number of nitrogens with one attached hydrogen (secondary N) is 1. The normalized spacial score (nSPS) is 12.3. The van der Waals surface area contributed by atoms with Gasteiger partial charge in [0.25, 0.3) is 5.56 Å². The van der Waals surface area contributed by atoms with E-state index in [0.29, 0.717) is 17.5 Å². The van der Waals surface area contributed by atoms with E-state index < -0.39 is 0 Å². The van der Waals surface area contributed by atoms with Crippen LogP contribution in [0.2, 0.25) is 0 Å². The minimum absolute atomic E-state index is 0.0518. The fourth-order valence-electron chi connectivity index (χ4n) is 2.15. The van der Waals surface area contributed by atoms with Gasteiger partial charge in [-0.05, 0) is 26.0 Å². The number of amides is 1. The van der Waals surface area contributed by atoms with Crippen LogP contribution in [0.25, 0.3) is 10.9 Å². The van der Waals surface area contributed by atoms with Crippen LogP contribution in [0.1, 0.15) is 12.5 Å². The van der Waals surface area contributed by atoms with Gasteiger partial charge < -0.3 is 10.1 Å². The predicted octanol–water partition coefficient (Wildman–Crippen LogP) is 0.856. The molecule has 0 saturated carbocycles. The minimum Gasteiger partial charge on any atom is -0.383 e. The molecule has 2 aromatic rings. The fraction of sp³-hybridized carbons (Fsp3) is 0.400. The van der Waals surface area contributed by atoms with E-state index in [1.165, 1.54) is 10.9 Å². The topological polar surface area (TPSA) is 73.2 Å². The lowest BCUT2D eigenvalue weighted by Gasteiger charge is -2.13. The van der Waals surface area contributed by atoms with Crippen LogP contribution in [-0.2, 0) is 16.1 Å². The number of hydrogen-bond acceptors (Lipinski definition) is 4. The summed E-state index contributed by atoms with van der Waals surface area (Å²) in [6.07, 6.45) is 1.40. The zero-order valence-corrected chi connectivity index (χ0v) is 12.4. The van der Waals surface area contributed by atoms with Crippen molar-refractivity contribution in [1.82, 2.24) is 14.9 Å². The number of benzene rings is 1. The summed E-state index contributed by atoms with van der Waals surface area (Å²) in [5, 5.41) is 3.29. The van der Waals surface area contributed by atoms with Crippen molar-refractivity contribution in [3.63, 3.8) is 0 Å². The molecule has 0 aliphatic carbocycles. The number of ether oxygens (including phenoxy) is 1. The van der Waals surface area contributed by atoms with Crippen LogP contribution >= 0.6 is 0 Å². The maximum Gasteiger partial charge on any atom is 0.261 e. The maximum absolute atomic E-state index is 12.3. The monoisotopic (exact) mass is 289 g/mol. The molecule has 21 heavy (non-hydrogen) atoms. The van der Waals surface area contributed by atoms with Crippen molar-refractivity contribution in [2.75, 3.05) is 13.7 Å². The second-order valence-corrected chi connectivity index (χ2v) is 5.12. The van der Waals surface area contributed by atoms with Crippen LogP contribution in [0, 0.1) is 6.92 Å². The first-order valence-corrected chi connectivity index (χ1v) is 6.75. The number of carbonyl (C=O) groups excluding carboxylic acids is 1. The lowest BCUT2D eigenvalue weighted by atomic mass is 10.2. The van der Waals surface area contributed by atoms with E-state index >= 15 is 0 Å². The molecule has 6 nitrogen and oxygen atoms in total. The first-order chi connectivity index (χ1) is 10.0. The SMILES string of the molecule is COC[C@H](C)NC(=O)Cn1cnc2ccc(C)cc2c1=O. The van der Waals surface area contributed by atoms with E-state index in [2.05, 4.69) is 10.3 Å². The van der Waals surface area contributed by atoms with Gasteiger partial charge in [0.1, 0.15) is 6.54 Å². The summed E-state index contributed by atoms with van der Waals surface area (Å²) in [6, 6.07) is 5.39. The Morgan fingerprint density at radius 3 is 2.95 bits per heavy atom. The molecule has 0 spiro atoms. The van der Waals surface area contributed by atoms with Gasteiger partial charge in [-0.1, -0.05) is 11.6 Å². The van der Waals surface area contributed by atoms with Crippen molar-refractivity contribution in [3.8, 4) is 0 Å². The van der Waals surface area contributed by atoms with Crippen molar-refractivity contribution >= 4 is 16.8 Å². The van der Waals surface area contributed by atoms with Crippen molar-refractivity contribution in [1.29, 1.82) is 0 Å². The second-order valence-electron chi connectivity index (χ2n) is 5.12. The number of aryl methyl sites for hydroxylation is 1. The molecule has 0 radical (unpaired) electrons. The maximum atomic E-state index is 12.3. The van der Waals surface area contributed by atoms with Crippen molar-refractivity contribution in [2.24, 2.45) is 0 Å². The summed E-state index contributed by atoms with van der Waals surface area (Å²) < 4.78 is 6.27. The third kappa shape index (κ3) is 3.66. The van der Waals surface area contributed by atoms with E-state index in [4.69, 9.17) is 4.74 Å². The number of carbonyl (C=O) groups is 1. The standard InChI is InChI=1S/C15H19N3O3/c1-10-4-5-13-12(6-10)15(20)18(9-16-13)7-14(19)17-11(2)8-21-3/h4-6,9,11H,7-8H2,1-3H3,(H,17,19)/t11-/m0/s1. The van der Waals surface area contributed by atoms with Crippen molar-refractivity contribution < 1.29 is 9.53 Å². The minimum atomic E-state index is -0.240. The highest BCUT2D eigenvalue weighted by atomic mass is 16.5. The molecule has 1 aromatic heterocycles. The smallest absolute Gasteiger partial charge is 0.261 e. The Labute approximate surface area is 122 Å². The molecule has 0 fully saturated rings. The quantitative estimate of drug-likeness (QED) is 0.886. The molecule has 0 aliphatic heterocycles. The van der Waals surface area contributed by atoms with Crippen LogP contribution in [0.15, 0.2) is 29.3 Å². The molecule has 1 atom stereocenters. The largest absolute Gasteiger partial charge is 0.383 e. The lowest BCUT2D eigenvalue weighted by Crippen LogP contribution is -2.39. The molecule has 0 aliphatic rings. The molecule has 1 N–H and O–H groups in total. The average molecular weight is 289 g/mol. The van der Waals surface area contributed by atoms with Gasteiger partial charge in [-0.25, -0.2) is 4.98 Å². The summed E-state index contributed by atoms with van der Waals surface area (Å²) in [7, 11) is 1.57. The Kier molecular flexibility index (Phi) is 4.70. The molecule has 1 heterocycles. The number of methoxy groups -OCH3 is 1. The Bertz CT molecular complexity index is 709. The number of rotatable bonds is 5. The third-order valence-corrected chi connectivity index (χ3v) is 3.12. The van der Waals surface area contributed by atoms with Crippen LogP contribution < -0.4 is 10.9 Å². The zero-order valence-electron chi connectivity index (χ0n) is 12.4. The number of fused-ring (bicyclic) bond motifs is 1. The van der Waals surface area contributed by atoms with Crippen LogP contribution in [0.5, 0.6) is 0 Å². The third-order valence-electron chi connectivity index (χ3n) is 3.12. The summed E-state index contributed by atoms with van der Waals surface area (Å²) in [5.74, 6) is -0.240. The van der Waals surface area contributed by atoms with Gasteiger partial charge in [0.15, 0.2) is 0 Å². The first kappa shape index (κ1) is 15.2. The molecule has 0 bridgehead atoms. The van der Waals surface area contributed by atoms with E-state index in [1.54, 1.807) is 19.2 Å². The van der Waals surface area contributed by atoms with Gasteiger partial charge in [0.05, 0.1) is 23.8 Å². The number of nitrogens with zero attached hydrogens (tertiary/aromatic N) is 2. The Hall–Kier alpha value is -2.21. The van der Waals surface area contributed by atoms with E-state index in [-0.39, 0.29) is 24.1 Å². The van der Waals surface area contributed by atoms with Gasteiger partial charge in [-0.3, -0.25) is 14.2 Å².